The molecule has 0 fully saturated rings. The first kappa shape index (κ1) is 18.6. The Hall–Kier alpha value is -2.18. The van der Waals surface area contributed by atoms with Crippen molar-refractivity contribution in [3.8, 4) is 11.1 Å². The van der Waals surface area contributed by atoms with Crippen LogP contribution in [0.1, 0.15) is 25.1 Å². The van der Waals surface area contributed by atoms with Crippen LogP contribution < -0.4 is 5.56 Å². The van der Waals surface area contributed by atoms with Gasteiger partial charge in [0.15, 0.2) is 0 Å². The molecule has 0 aliphatic heterocycles. The molecule has 136 valence electrons. The highest BCUT2D eigenvalue weighted by Gasteiger charge is 2.18. The van der Waals surface area contributed by atoms with Crippen LogP contribution in [0.2, 0.25) is 5.02 Å². The molecule has 0 saturated carbocycles. The Labute approximate surface area is 160 Å². The molecule has 0 aliphatic rings. The number of nitrogens with zero attached hydrogens (tertiary/aromatic N) is 2. The van der Waals surface area contributed by atoms with Gasteiger partial charge in [-0.25, -0.2) is 4.98 Å². The van der Waals surface area contributed by atoms with Crippen LogP contribution in [0.3, 0.4) is 0 Å². The Bertz CT molecular complexity index is 1010. The second-order valence-electron chi connectivity index (χ2n) is 6.11. The molecule has 5 nitrogen and oxygen atoms in total. The lowest BCUT2D eigenvalue weighted by Gasteiger charge is -2.11. The molecule has 0 radical (unpaired) electrons. The maximum Gasteiger partial charge on any atom is 0.326 e. The van der Waals surface area contributed by atoms with Crippen LogP contribution in [-0.4, -0.2) is 21.6 Å². The average molecular weight is 391 g/mol. The SMILES string of the molecule is CC[C@@H](C)OC(=O)Cn1cnc2sc(C)c(-c3ccc(Cl)cc3)c2c1=O. The molecule has 7 heteroatoms. The molecular weight excluding hydrogens is 372 g/mol. The Kier molecular flexibility index (Phi) is 5.44. The highest BCUT2D eigenvalue weighted by Crippen LogP contribution is 2.35. The fraction of sp³-hybridized carbons (Fsp3) is 0.316. The summed E-state index contributed by atoms with van der Waals surface area (Å²) in [5.41, 5.74) is 1.49. The molecule has 0 aliphatic carbocycles. The van der Waals surface area contributed by atoms with Gasteiger partial charge >= 0.3 is 5.97 Å². The topological polar surface area (TPSA) is 61.2 Å². The number of aryl methyl sites for hydroxylation is 1. The highest BCUT2D eigenvalue weighted by atomic mass is 35.5. The summed E-state index contributed by atoms with van der Waals surface area (Å²) < 4.78 is 6.57. The fourth-order valence-electron chi connectivity index (χ4n) is 2.70. The number of fused-ring (bicyclic) bond motifs is 1. The monoisotopic (exact) mass is 390 g/mol. The van der Waals surface area contributed by atoms with E-state index in [4.69, 9.17) is 16.3 Å². The lowest BCUT2D eigenvalue weighted by atomic mass is 10.0. The van der Waals surface area contributed by atoms with E-state index in [1.807, 2.05) is 32.9 Å². The third-order valence-corrected chi connectivity index (χ3v) is 5.46. The lowest BCUT2D eigenvalue weighted by Crippen LogP contribution is -2.27. The molecule has 0 spiro atoms. The minimum atomic E-state index is -0.442. The maximum absolute atomic E-state index is 13.0. The zero-order valence-electron chi connectivity index (χ0n) is 14.8. The van der Waals surface area contributed by atoms with Gasteiger partial charge in [-0.15, -0.1) is 11.3 Å². The van der Waals surface area contributed by atoms with Gasteiger partial charge in [0.1, 0.15) is 11.4 Å². The molecule has 2 aromatic heterocycles. The van der Waals surface area contributed by atoms with E-state index in [1.54, 1.807) is 12.1 Å². The van der Waals surface area contributed by atoms with E-state index in [-0.39, 0.29) is 18.2 Å². The van der Waals surface area contributed by atoms with E-state index < -0.39 is 5.97 Å². The number of benzene rings is 1. The average Bonchev–Trinajstić information content (AvgIpc) is 2.95. The van der Waals surface area contributed by atoms with Gasteiger partial charge < -0.3 is 4.74 Å². The van der Waals surface area contributed by atoms with Crippen molar-refractivity contribution in [2.75, 3.05) is 0 Å². The predicted molar refractivity (Wildman–Crippen MR) is 105 cm³/mol. The third-order valence-electron chi connectivity index (χ3n) is 4.19. The Balaban J connectivity index is 2.05. The van der Waals surface area contributed by atoms with Gasteiger partial charge in [0.05, 0.1) is 17.8 Å². The standard InChI is InChI=1S/C19H19ClN2O3S/c1-4-11(2)25-15(23)9-22-10-21-18-17(19(22)24)16(12(3)26-18)13-5-7-14(20)8-6-13/h5-8,10-11H,4,9H2,1-3H3/t11-/m1/s1. The van der Waals surface area contributed by atoms with Gasteiger partial charge in [-0.05, 0) is 38.0 Å². The molecule has 26 heavy (non-hydrogen) atoms. The fourth-order valence-corrected chi connectivity index (χ4v) is 3.83. The first-order valence-corrected chi connectivity index (χ1v) is 9.54. The summed E-state index contributed by atoms with van der Waals surface area (Å²) in [5.74, 6) is -0.442. The summed E-state index contributed by atoms with van der Waals surface area (Å²) in [6, 6.07) is 7.34. The first-order valence-electron chi connectivity index (χ1n) is 8.34. The van der Waals surface area contributed by atoms with Gasteiger partial charge in [0.2, 0.25) is 0 Å². The molecule has 3 rings (SSSR count). The van der Waals surface area contributed by atoms with Crippen LogP contribution in [0.4, 0.5) is 0 Å². The maximum atomic E-state index is 13.0. The van der Waals surface area contributed by atoms with Crippen LogP contribution in [0.5, 0.6) is 0 Å². The zero-order chi connectivity index (χ0) is 18.8. The van der Waals surface area contributed by atoms with Crippen molar-refractivity contribution in [1.29, 1.82) is 0 Å². The molecular formula is C19H19ClN2O3S. The number of hydrogen-bond donors (Lipinski definition) is 0. The number of esters is 1. The van der Waals surface area contributed by atoms with Crippen molar-refractivity contribution in [3.63, 3.8) is 0 Å². The van der Waals surface area contributed by atoms with E-state index in [9.17, 15) is 9.59 Å². The van der Waals surface area contributed by atoms with Crippen molar-refractivity contribution in [2.45, 2.75) is 39.8 Å². The number of hydrogen-bond acceptors (Lipinski definition) is 5. The second-order valence-corrected chi connectivity index (χ2v) is 7.75. The summed E-state index contributed by atoms with van der Waals surface area (Å²) in [4.78, 5) is 31.1. The van der Waals surface area contributed by atoms with Crippen LogP contribution >= 0.6 is 22.9 Å². The van der Waals surface area contributed by atoms with Crippen molar-refractivity contribution in [1.82, 2.24) is 9.55 Å². The molecule has 1 aromatic carbocycles. The predicted octanol–water partition coefficient (Wildman–Crippen LogP) is 4.43. The summed E-state index contributed by atoms with van der Waals surface area (Å²) >= 11 is 7.43. The van der Waals surface area contributed by atoms with Gasteiger partial charge in [-0.2, -0.15) is 0 Å². The third kappa shape index (κ3) is 3.66. The van der Waals surface area contributed by atoms with Crippen LogP contribution in [0.25, 0.3) is 21.3 Å². The number of aromatic nitrogens is 2. The lowest BCUT2D eigenvalue weighted by molar-refractivity contribution is -0.149. The van der Waals surface area contributed by atoms with Gasteiger partial charge in [-0.1, -0.05) is 30.7 Å². The Morgan fingerprint density at radius 3 is 2.69 bits per heavy atom. The van der Waals surface area contributed by atoms with Crippen LogP contribution in [0, 0.1) is 6.92 Å². The van der Waals surface area contributed by atoms with Gasteiger partial charge in [-0.3, -0.25) is 14.2 Å². The van der Waals surface area contributed by atoms with Gasteiger partial charge in [0.25, 0.3) is 5.56 Å². The highest BCUT2D eigenvalue weighted by molar-refractivity contribution is 7.19. The number of carbonyl (C=O) groups is 1. The number of halogens is 1. The molecule has 0 N–H and O–H groups in total. The largest absolute Gasteiger partial charge is 0.461 e. The molecule has 0 amide bonds. The summed E-state index contributed by atoms with van der Waals surface area (Å²) in [6.07, 6.45) is 1.95. The van der Waals surface area contributed by atoms with E-state index in [1.165, 1.54) is 22.2 Å². The van der Waals surface area contributed by atoms with Crippen LogP contribution in [0.15, 0.2) is 35.4 Å². The van der Waals surface area contributed by atoms with E-state index in [2.05, 4.69) is 4.98 Å². The molecule has 0 unspecified atom stereocenters. The second kappa shape index (κ2) is 7.60. The molecule has 2 heterocycles. The van der Waals surface area contributed by atoms with Crippen molar-refractivity contribution >= 4 is 39.1 Å². The zero-order valence-corrected chi connectivity index (χ0v) is 16.4. The minimum Gasteiger partial charge on any atom is -0.461 e. The smallest absolute Gasteiger partial charge is 0.326 e. The molecule has 0 bridgehead atoms. The Morgan fingerprint density at radius 2 is 2.04 bits per heavy atom. The normalized spacial score (nSPS) is 12.3. The van der Waals surface area contributed by atoms with Crippen LogP contribution in [-0.2, 0) is 16.1 Å². The van der Waals surface area contributed by atoms with Crippen molar-refractivity contribution in [3.05, 3.63) is 50.8 Å². The number of carbonyl (C=O) groups excluding carboxylic acids is 1. The molecule has 1 atom stereocenters. The minimum absolute atomic E-state index is 0.152. The van der Waals surface area contributed by atoms with E-state index in [0.29, 0.717) is 15.2 Å². The molecule has 3 aromatic rings. The van der Waals surface area contributed by atoms with E-state index in [0.717, 1.165) is 22.4 Å². The summed E-state index contributed by atoms with van der Waals surface area (Å²) in [6.45, 7) is 5.56. The summed E-state index contributed by atoms with van der Waals surface area (Å²) in [5, 5.41) is 1.16. The number of ether oxygens (including phenoxy) is 1. The molecule has 0 saturated heterocycles. The van der Waals surface area contributed by atoms with E-state index >= 15 is 0 Å². The number of thiophene rings is 1. The first-order chi connectivity index (χ1) is 12.4. The van der Waals surface area contributed by atoms with Crippen molar-refractivity contribution < 1.29 is 9.53 Å². The van der Waals surface area contributed by atoms with Gasteiger partial charge in [0, 0.05) is 15.5 Å². The quantitative estimate of drug-likeness (QED) is 0.604. The Morgan fingerprint density at radius 1 is 1.35 bits per heavy atom. The van der Waals surface area contributed by atoms with Crippen molar-refractivity contribution in [2.24, 2.45) is 0 Å². The summed E-state index contributed by atoms with van der Waals surface area (Å²) in [7, 11) is 0. The number of rotatable bonds is 5.